The molecular formula is C32H45Cl2N5O2. The smallest absolute Gasteiger partial charge is 0.255 e. The summed E-state index contributed by atoms with van der Waals surface area (Å²) in [5.41, 5.74) is 2.08. The molecule has 0 aromatic heterocycles. The molecule has 0 saturated carbocycles. The second-order valence-corrected chi connectivity index (χ2v) is 12.6. The van der Waals surface area contributed by atoms with Gasteiger partial charge in [-0.1, -0.05) is 47.8 Å². The highest BCUT2D eigenvalue weighted by Gasteiger charge is 2.48. The minimum atomic E-state index is -0.456. The predicted molar refractivity (Wildman–Crippen MR) is 169 cm³/mol. The van der Waals surface area contributed by atoms with E-state index in [1.54, 1.807) is 4.90 Å². The highest BCUT2D eigenvalue weighted by Crippen LogP contribution is 2.38. The second-order valence-electron chi connectivity index (χ2n) is 11.8. The topological polar surface area (TPSA) is 67.9 Å². The summed E-state index contributed by atoms with van der Waals surface area (Å²) in [6, 6.07) is 13.7. The fraction of sp³-hybridized carbons (Fsp3) is 0.562. The summed E-state index contributed by atoms with van der Waals surface area (Å²) in [4.78, 5) is 33.4. The number of carbonyl (C=O) groups excluding carboxylic acids is 2. The number of nitrogens with one attached hydrogen (secondary N) is 2. The Bertz CT molecular complexity index is 1200. The van der Waals surface area contributed by atoms with Crippen LogP contribution in [0.5, 0.6) is 0 Å². The Morgan fingerprint density at radius 3 is 2.49 bits per heavy atom. The molecule has 0 bridgehead atoms. The number of hydrogen-bond acceptors (Lipinski definition) is 5. The molecule has 2 heterocycles. The Kier molecular flexibility index (Phi) is 11.0. The molecule has 2 unspecified atom stereocenters. The van der Waals surface area contributed by atoms with Gasteiger partial charge in [-0.15, -0.1) is 0 Å². The molecule has 0 spiro atoms. The van der Waals surface area contributed by atoms with Crippen molar-refractivity contribution in [2.75, 3.05) is 59.7 Å². The van der Waals surface area contributed by atoms with E-state index in [2.05, 4.69) is 15.5 Å². The lowest BCUT2D eigenvalue weighted by atomic mass is 9.80. The number of anilines is 1. The van der Waals surface area contributed by atoms with Crippen molar-refractivity contribution in [1.29, 1.82) is 0 Å². The normalized spacial score (nSPS) is 19.8. The van der Waals surface area contributed by atoms with Crippen LogP contribution in [0.2, 0.25) is 10.0 Å². The minimum Gasteiger partial charge on any atom is -0.387 e. The number of likely N-dealkylation sites (N-methyl/N-ethyl adjacent to an activating group) is 2. The summed E-state index contributed by atoms with van der Waals surface area (Å²) in [5.74, 6) is 0.266. The van der Waals surface area contributed by atoms with E-state index in [4.69, 9.17) is 23.2 Å². The van der Waals surface area contributed by atoms with Gasteiger partial charge in [0.15, 0.2) is 0 Å². The maximum atomic E-state index is 13.7. The standard InChI is InChI=1S/C32H45Cl2N5O2/c1-35-29-11-6-5-10-26(29)30(40)38(4)22-24(23-13-15-27(33)28(34)21-23)12-14-25-9-7-8-20-39(25)32(31(41)37(2)3)16-18-36-19-17-32/h5-6,10-11,13,15,21,24-25,35-36H,7-9,12,14,16-20,22H2,1-4H3. The fourth-order valence-corrected chi connectivity index (χ4v) is 7.08. The second kappa shape index (κ2) is 14.2. The Labute approximate surface area is 255 Å². The number of benzene rings is 2. The van der Waals surface area contributed by atoms with E-state index < -0.39 is 5.54 Å². The summed E-state index contributed by atoms with van der Waals surface area (Å²) >= 11 is 12.8. The van der Waals surface area contributed by atoms with Gasteiger partial charge >= 0.3 is 0 Å². The zero-order valence-electron chi connectivity index (χ0n) is 24.9. The van der Waals surface area contributed by atoms with Crippen LogP contribution in [0.3, 0.4) is 0 Å². The van der Waals surface area contributed by atoms with E-state index in [0.29, 0.717) is 28.2 Å². The fourth-order valence-electron chi connectivity index (χ4n) is 6.77. The molecule has 0 aliphatic carbocycles. The summed E-state index contributed by atoms with van der Waals surface area (Å²) in [6.07, 6.45) is 6.84. The molecule has 2 N–H and O–H groups in total. The summed E-state index contributed by atoms with van der Waals surface area (Å²) in [5, 5.41) is 7.64. The van der Waals surface area contributed by atoms with Crippen LogP contribution in [-0.2, 0) is 4.79 Å². The van der Waals surface area contributed by atoms with Crippen LogP contribution < -0.4 is 10.6 Å². The predicted octanol–water partition coefficient (Wildman–Crippen LogP) is 5.74. The van der Waals surface area contributed by atoms with Crippen molar-refractivity contribution < 1.29 is 9.59 Å². The van der Waals surface area contributed by atoms with Crippen molar-refractivity contribution in [3.8, 4) is 0 Å². The van der Waals surface area contributed by atoms with Crippen molar-refractivity contribution in [2.24, 2.45) is 0 Å². The van der Waals surface area contributed by atoms with E-state index >= 15 is 0 Å². The third-order valence-electron chi connectivity index (χ3n) is 8.94. The Hall–Kier alpha value is -2.32. The lowest BCUT2D eigenvalue weighted by molar-refractivity contribution is -0.148. The summed E-state index contributed by atoms with van der Waals surface area (Å²) < 4.78 is 0. The van der Waals surface area contributed by atoms with Crippen molar-refractivity contribution in [3.63, 3.8) is 0 Å². The van der Waals surface area contributed by atoms with Crippen LogP contribution in [0, 0.1) is 0 Å². The third-order valence-corrected chi connectivity index (χ3v) is 9.68. The highest BCUT2D eigenvalue weighted by molar-refractivity contribution is 6.42. The first-order valence-corrected chi connectivity index (χ1v) is 15.6. The molecule has 2 fully saturated rings. The number of hydrogen-bond donors (Lipinski definition) is 2. The quantitative estimate of drug-likeness (QED) is 0.364. The number of para-hydroxylation sites is 1. The molecule has 224 valence electrons. The molecule has 9 heteroatoms. The number of piperidine rings is 2. The average Bonchev–Trinajstić information content (AvgIpc) is 3.00. The van der Waals surface area contributed by atoms with E-state index in [-0.39, 0.29) is 17.7 Å². The number of carbonyl (C=O) groups is 2. The molecule has 4 rings (SSSR count). The van der Waals surface area contributed by atoms with E-state index in [1.807, 2.05) is 75.6 Å². The van der Waals surface area contributed by atoms with E-state index in [9.17, 15) is 9.59 Å². The summed E-state index contributed by atoms with van der Waals surface area (Å²) in [7, 11) is 7.46. The van der Waals surface area contributed by atoms with Crippen molar-refractivity contribution in [1.82, 2.24) is 20.0 Å². The van der Waals surface area contributed by atoms with Gasteiger partial charge in [-0.2, -0.15) is 0 Å². The first kappa shape index (κ1) is 31.6. The van der Waals surface area contributed by atoms with Gasteiger partial charge in [-0.3, -0.25) is 14.5 Å². The first-order valence-electron chi connectivity index (χ1n) is 14.8. The van der Waals surface area contributed by atoms with Gasteiger partial charge < -0.3 is 20.4 Å². The number of nitrogens with zero attached hydrogens (tertiary/aromatic N) is 3. The molecule has 2 aromatic rings. The number of likely N-dealkylation sites (tertiary alicyclic amines) is 1. The zero-order valence-corrected chi connectivity index (χ0v) is 26.4. The molecular weight excluding hydrogens is 557 g/mol. The molecule has 7 nitrogen and oxygen atoms in total. The number of amides is 2. The lowest BCUT2D eigenvalue weighted by Gasteiger charge is -2.51. The molecule has 0 radical (unpaired) electrons. The van der Waals surface area contributed by atoms with Crippen LogP contribution in [0.15, 0.2) is 42.5 Å². The van der Waals surface area contributed by atoms with E-state index in [1.165, 1.54) is 6.42 Å². The largest absolute Gasteiger partial charge is 0.387 e. The van der Waals surface area contributed by atoms with Gasteiger partial charge in [0.05, 0.1) is 15.6 Å². The van der Waals surface area contributed by atoms with Crippen LogP contribution in [0.25, 0.3) is 0 Å². The van der Waals surface area contributed by atoms with Gasteiger partial charge in [0.25, 0.3) is 5.91 Å². The van der Waals surface area contributed by atoms with Gasteiger partial charge in [-0.25, -0.2) is 0 Å². The van der Waals surface area contributed by atoms with Crippen LogP contribution >= 0.6 is 23.2 Å². The number of halogens is 2. The van der Waals surface area contributed by atoms with Crippen molar-refractivity contribution in [2.45, 2.75) is 62.4 Å². The van der Waals surface area contributed by atoms with Gasteiger partial charge in [0.2, 0.25) is 5.91 Å². The number of rotatable bonds is 10. The Balaban J connectivity index is 1.58. The van der Waals surface area contributed by atoms with Crippen LogP contribution in [0.1, 0.15) is 66.8 Å². The lowest BCUT2D eigenvalue weighted by Crippen LogP contribution is -2.66. The Morgan fingerprint density at radius 1 is 1.07 bits per heavy atom. The molecule has 2 amide bonds. The highest BCUT2D eigenvalue weighted by atomic mass is 35.5. The minimum absolute atomic E-state index is 0.0236. The zero-order chi connectivity index (χ0) is 29.6. The molecule has 2 atom stereocenters. The molecule has 2 aliphatic heterocycles. The molecule has 41 heavy (non-hydrogen) atoms. The first-order chi connectivity index (χ1) is 19.7. The molecule has 2 aromatic carbocycles. The van der Waals surface area contributed by atoms with E-state index in [0.717, 1.165) is 69.4 Å². The summed E-state index contributed by atoms with van der Waals surface area (Å²) in [6.45, 7) is 3.21. The van der Waals surface area contributed by atoms with Crippen LogP contribution in [-0.4, -0.2) is 92.5 Å². The van der Waals surface area contributed by atoms with Gasteiger partial charge in [0, 0.05) is 52.4 Å². The SMILES string of the molecule is CNc1ccccc1C(=O)N(C)CC(CCC1CCCCN1C1(C(=O)N(C)C)CCNCC1)c1ccc(Cl)c(Cl)c1. The van der Waals surface area contributed by atoms with Crippen LogP contribution in [0.4, 0.5) is 5.69 Å². The van der Waals surface area contributed by atoms with Gasteiger partial charge in [-0.05, 0) is 88.0 Å². The maximum absolute atomic E-state index is 13.7. The average molecular weight is 603 g/mol. The van der Waals surface area contributed by atoms with Crippen molar-refractivity contribution in [3.05, 3.63) is 63.6 Å². The monoisotopic (exact) mass is 601 g/mol. The third kappa shape index (κ3) is 7.19. The van der Waals surface area contributed by atoms with Gasteiger partial charge in [0.1, 0.15) is 5.54 Å². The molecule has 2 saturated heterocycles. The molecule has 2 aliphatic rings. The Morgan fingerprint density at radius 2 is 1.80 bits per heavy atom. The van der Waals surface area contributed by atoms with Crippen molar-refractivity contribution >= 4 is 40.7 Å². The maximum Gasteiger partial charge on any atom is 0.255 e.